The number of pyridine rings is 1. The molecule has 0 unspecified atom stereocenters. The summed E-state index contributed by atoms with van der Waals surface area (Å²) >= 11 is 6.55. The molecule has 2 heterocycles. The fourth-order valence-corrected chi connectivity index (χ4v) is 3.60. The zero-order valence-corrected chi connectivity index (χ0v) is 14.6. The van der Waals surface area contributed by atoms with Crippen molar-refractivity contribution in [3.05, 3.63) is 45.1 Å². The number of halogens is 2. The minimum Gasteiger partial charge on any atom is -0.506 e. The third kappa shape index (κ3) is 2.96. The van der Waals surface area contributed by atoms with E-state index in [0.717, 1.165) is 5.56 Å². The van der Waals surface area contributed by atoms with E-state index in [9.17, 15) is 9.90 Å². The van der Waals surface area contributed by atoms with Gasteiger partial charge >= 0.3 is 0 Å². The van der Waals surface area contributed by atoms with Crippen LogP contribution in [-0.2, 0) is 11.2 Å². The van der Waals surface area contributed by atoms with Crippen LogP contribution in [0.3, 0.4) is 0 Å². The Bertz CT molecular complexity index is 713. The highest BCUT2D eigenvalue weighted by Gasteiger charge is 2.24. The molecule has 1 N–H and O–H groups in total. The summed E-state index contributed by atoms with van der Waals surface area (Å²) in [5.41, 5.74) is 1.49. The zero-order chi connectivity index (χ0) is 15.7. The molecule has 1 amide bonds. The molecule has 0 atom stereocenters. The molecule has 5 nitrogen and oxygen atoms in total. The largest absolute Gasteiger partial charge is 0.506 e. The van der Waals surface area contributed by atoms with Crippen molar-refractivity contribution in [1.29, 1.82) is 0 Å². The van der Waals surface area contributed by atoms with E-state index in [-0.39, 0.29) is 18.1 Å². The minimum atomic E-state index is -0.0398. The Kier molecular flexibility index (Phi) is 4.35. The van der Waals surface area contributed by atoms with E-state index in [4.69, 9.17) is 4.74 Å². The monoisotopic (exact) mass is 426 g/mol. The molecule has 1 aromatic carbocycles. The maximum Gasteiger partial charge on any atom is 0.231 e. The second kappa shape index (κ2) is 6.26. The van der Waals surface area contributed by atoms with E-state index in [2.05, 4.69) is 36.8 Å². The van der Waals surface area contributed by atoms with Gasteiger partial charge in [0, 0.05) is 12.3 Å². The summed E-state index contributed by atoms with van der Waals surface area (Å²) in [5, 5.41) is 9.73. The number of carbonyl (C=O) groups is 1. The number of amides is 1. The van der Waals surface area contributed by atoms with Crippen LogP contribution < -0.4 is 9.64 Å². The van der Waals surface area contributed by atoms with Crippen LogP contribution in [0.1, 0.15) is 5.56 Å². The Morgan fingerprint density at radius 1 is 1.36 bits per heavy atom. The molecule has 114 valence electrons. The topological polar surface area (TPSA) is 62.7 Å². The van der Waals surface area contributed by atoms with Gasteiger partial charge in [0.25, 0.3) is 0 Å². The van der Waals surface area contributed by atoms with Crippen LogP contribution >= 0.6 is 31.9 Å². The molecule has 0 fully saturated rings. The van der Waals surface area contributed by atoms with Gasteiger partial charge in [-0.15, -0.1) is 0 Å². The average molecular weight is 428 g/mol. The summed E-state index contributed by atoms with van der Waals surface area (Å²) in [5.74, 6) is 0.752. The molecular formula is C15H12Br2N2O3. The normalized spacial score (nSPS) is 13.5. The molecule has 2 aromatic rings. The number of rotatable bonds is 2. The molecule has 3 rings (SSSR count). The lowest BCUT2D eigenvalue weighted by molar-refractivity contribution is -0.118. The van der Waals surface area contributed by atoms with E-state index in [1.807, 2.05) is 0 Å². The molecule has 1 aromatic heterocycles. The number of phenolic OH excluding ortho intramolecular Hbond substituents is 1. The third-order valence-corrected chi connectivity index (χ3v) is 4.57. The van der Waals surface area contributed by atoms with Crippen LogP contribution in [0.25, 0.3) is 0 Å². The second-order valence-corrected chi connectivity index (χ2v) is 6.53. The first-order chi connectivity index (χ1) is 10.6. The van der Waals surface area contributed by atoms with E-state index < -0.39 is 0 Å². The number of benzene rings is 1. The maximum atomic E-state index is 12.6. The summed E-state index contributed by atoms with van der Waals surface area (Å²) < 4.78 is 6.63. The molecule has 7 heteroatoms. The summed E-state index contributed by atoms with van der Waals surface area (Å²) in [7, 11) is 0. The van der Waals surface area contributed by atoms with Gasteiger partial charge in [0.15, 0.2) is 0 Å². The maximum absolute atomic E-state index is 12.6. The van der Waals surface area contributed by atoms with Crippen LogP contribution in [0.4, 0.5) is 5.69 Å². The molecule has 0 radical (unpaired) electrons. The van der Waals surface area contributed by atoms with Gasteiger partial charge in [-0.25, -0.2) is 0 Å². The zero-order valence-electron chi connectivity index (χ0n) is 11.4. The van der Waals surface area contributed by atoms with Crippen LogP contribution in [0.5, 0.6) is 11.5 Å². The van der Waals surface area contributed by atoms with Crippen LogP contribution in [-0.4, -0.2) is 29.1 Å². The predicted molar refractivity (Wildman–Crippen MR) is 89.3 cm³/mol. The predicted octanol–water partition coefficient (Wildman–Crippen LogP) is 3.28. The van der Waals surface area contributed by atoms with Crippen molar-refractivity contribution in [3.8, 4) is 11.5 Å². The van der Waals surface area contributed by atoms with E-state index >= 15 is 0 Å². The minimum absolute atomic E-state index is 0.0398. The summed E-state index contributed by atoms with van der Waals surface area (Å²) in [6, 6.07) is 5.23. The van der Waals surface area contributed by atoms with Gasteiger partial charge in [-0.1, -0.05) is 0 Å². The van der Waals surface area contributed by atoms with Gasteiger partial charge in [-0.3, -0.25) is 9.78 Å². The SMILES string of the molecule is O=C(Cc1cc(Br)c(O)c(Br)c1)N1CCOc2ccncc21. The van der Waals surface area contributed by atoms with Gasteiger partial charge in [0.2, 0.25) is 5.91 Å². The number of nitrogens with zero attached hydrogens (tertiary/aromatic N) is 2. The summed E-state index contributed by atoms with van der Waals surface area (Å²) in [6.07, 6.45) is 3.50. The number of aromatic hydroxyl groups is 1. The number of phenols is 1. The first-order valence-electron chi connectivity index (χ1n) is 6.60. The van der Waals surface area contributed by atoms with Crippen molar-refractivity contribution in [3.63, 3.8) is 0 Å². The van der Waals surface area contributed by atoms with Gasteiger partial charge in [-0.05, 0) is 49.6 Å². The number of hydrogen-bond acceptors (Lipinski definition) is 4. The molecule has 0 saturated carbocycles. The highest BCUT2D eigenvalue weighted by atomic mass is 79.9. The number of anilines is 1. The number of hydrogen-bond donors (Lipinski definition) is 1. The molecule has 1 aliphatic heterocycles. The van der Waals surface area contributed by atoms with E-state index in [0.29, 0.717) is 33.5 Å². The molecule has 1 aliphatic rings. The number of ether oxygens (including phenoxy) is 1. The van der Waals surface area contributed by atoms with Crippen molar-refractivity contribution in [1.82, 2.24) is 4.98 Å². The highest BCUT2D eigenvalue weighted by molar-refractivity contribution is 9.11. The second-order valence-electron chi connectivity index (χ2n) is 4.82. The Balaban J connectivity index is 1.84. The third-order valence-electron chi connectivity index (χ3n) is 3.36. The number of fused-ring (bicyclic) bond motifs is 1. The Morgan fingerprint density at radius 3 is 2.82 bits per heavy atom. The van der Waals surface area contributed by atoms with Gasteiger partial charge in [0.1, 0.15) is 23.8 Å². The fraction of sp³-hybridized carbons (Fsp3) is 0.200. The summed E-state index contributed by atoms with van der Waals surface area (Å²) in [4.78, 5) is 18.3. The van der Waals surface area contributed by atoms with Crippen molar-refractivity contribution in [2.24, 2.45) is 0 Å². The molecule has 0 aliphatic carbocycles. The lowest BCUT2D eigenvalue weighted by Crippen LogP contribution is -2.38. The van der Waals surface area contributed by atoms with Crippen LogP contribution in [0.2, 0.25) is 0 Å². The Labute approximate surface area is 144 Å². The summed E-state index contributed by atoms with van der Waals surface area (Å²) in [6.45, 7) is 0.962. The van der Waals surface area contributed by atoms with Gasteiger partial charge < -0.3 is 14.7 Å². The Hall–Kier alpha value is -1.60. The molecule has 0 spiro atoms. The van der Waals surface area contributed by atoms with E-state index in [1.54, 1.807) is 35.5 Å². The van der Waals surface area contributed by atoms with Gasteiger partial charge in [0.05, 0.1) is 28.1 Å². The number of carbonyl (C=O) groups excluding carboxylic acids is 1. The van der Waals surface area contributed by atoms with E-state index in [1.165, 1.54) is 0 Å². The fourth-order valence-electron chi connectivity index (χ4n) is 2.31. The lowest BCUT2D eigenvalue weighted by atomic mass is 10.1. The van der Waals surface area contributed by atoms with Crippen molar-refractivity contribution in [2.75, 3.05) is 18.1 Å². The molecule has 0 bridgehead atoms. The van der Waals surface area contributed by atoms with Crippen molar-refractivity contribution < 1.29 is 14.6 Å². The van der Waals surface area contributed by atoms with Crippen LogP contribution in [0.15, 0.2) is 39.5 Å². The van der Waals surface area contributed by atoms with Crippen molar-refractivity contribution >= 4 is 43.5 Å². The quantitative estimate of drug-likeness (QED) is 0.798. The lowest BCUT2D eigenvalue weighted by Gasteiger charge is -2.29. The smallest absolute Gasteiger partial charge is 0.231 e. The molecule has 22 heavy (non-hydrogen) atoms. The van der Waals surface area contributed by atoms with Gasteiger partial charge in [-0.2, -0.15) is 0 Å². The first-order valence-corrected chi connectivity index (χ1v) is 8.19. The Morgan fingerprint density at radius 2 is 2.09 bits per heavy atom. The van der Waals surface area contributed by atoms with Crippen molar-refractivity contribution in [2.45, 2.75) is 6.42 Å². The van der Waals surface area contributed by atoms with Crippen LogP contribution in [0, 0.1) is 0 Å². The molecular weight excluding hydrogens is 416 g/mol. The average Bonchev–Trinajstić information content (AvgIpc) is 2.52. The molecule has 0 saturated heterocycles. The number of aromatic nitrogens is 1. The highest BCUT2D eigenvalue weighted by Crippen LogP contribution is 2.34. The first kappa shape index (κ1) is 15.3. The standard InChI is InChI=1S/C15H12Br2N2O3/c16-10-5-9(6-11(17)15(10)21)7-14(20)19-3-4-22-13-1-2-18-8-12(13)19/h1-2,5-6,8,21H,3-4,7H2.